The van der Waals surface area contributed by atoms with Gasteiger partial charge in [0.05, 0.1) is 17.1 Å². The summed E-state index contributed by atoms with van der Waals surface area (Å²) in [6.45, 7) is -1.29. The average Bonchev–Trinajstić information content (AvgIpc) is 3.47. The van der Waals surface area contributed by atoms with Gasteiger partial charge < -0.3 is 16.4 Å². The number of carbonyl (C=O) groups excluding carboxylic acids is 2. The molecule has 1 aliphatic heterocycles. The molecule has 11 nitrogen and oxygen atoms in total. The van der Waals surface area contributed by atoms with Crippen LogP contribution in [0, 0.1) is 0 Å². The highest BCUT2D eigenvalue weighted by molar-refractivity contribution is 6.21. The number of halogens is 5. The topological polar surface area (TPSA) is 154 Å². The first-order valence-corrected chi connectivity index (χ1v) is 11.5. The van der Waals surface area contributed by atoms with E-state index in [9.17, 15) is 31.5 Å². The number of nitrogens with one attached hydrogen (secondary N) is 2. The van der Waals surface area contributed by atoms with Gasteiger partial charge in [0.25, 0.3) is 0 Å². The Balaban J connectivity index is 1.63. The number of aromatic nitrogens is 6. The lowest BCUT2D eigenvalue weighted by Gasteiger charge is -2.25. The van der Waals surface area contributed by atoms with Gasteiger partial charge in [-0.05, 0) is 19.3 Å². The molecule has 1 saturated carbocycles. The minimum absolute atomic E-state index is 0.0119. The first-order valence-electron chi connectivity index (χ1n) is 13.0. The third kappa shape index (κ3) is 3.98. The number of nitrogen functional groups attached to an aromatic ring is 1. The molecule has 2 aliphatic rings. The number of rotatable bonds is 7. The van der Waals surface area contributed by atoms with Gasteiger partial charge in [-0.25, -0.2) is 19.9 Å². The first-order chi connectivity index (χ1) is 19.0. The maximum Gasteiger partial charge on any atom is 0.453 e. The summed E-state index contributed by atoms with van der Waals surface area (Å²) >= 11 is 0. The molecule has 1 unspecified atom stereocenters. The second-order valence-electron chi connectivity index (χ2n) is 9.10. The second kappa shape index (κ2) is 8.52. The zero-order chi connectivity index (χ0) is 30.1. The van der Waals surface area contributed by atoms with Crippen LogP contribution in [0.3, 0.4) is 0 Å². The Kier molecular flexibility index (Phi) is 4.95. The van der Waals surface area contributed by atoms with Crippen LogP contribution in [-0.2, 0) is 28.4 Å². The van der Waals surface area contributed by atoms with Crippen molar-refractivity contribution in [1.82, 2.24) is 35.0 Å². The molecule has 0 spiro atoms. The summed E-state index contributed by atoms with van der Waals surface area (Å²) in [5, 5.41) is 8.97. The van der Waals surface area contributed by atoms with Crippen molar-refractivity contribution in [3.05, 3.63) is 17.6 Å². The summed E-state index contributed by atoms with van der Waals surface area (Å²) in [6.07, 6.45) is -5.98. The minimum Gasteiger partial charge on any atom is -0.383 e. The van der Waals surface area contributed by atoms with E-state index in [1.165, 1.54) is 0 Å². The maximum absolute atomic E-state index is 13.7. The van der Waals surface area contributed by atoms with E-state index in [0.717, 1.165) is 19.0 Å². The van der Waals surface area contributed by atoms with Crippen LogP contribution in [0.4, 0.5) is 33.6 Å². The predicted octanol–water partition coefficient (Wildman–Crippen LogP) is 2.41. The van der Waals surface area contributed by atoms with Gasteiger partial charge in [-0.3, -0.25) is 14.3 Å². The largest absolute Gasteiger partial charge is 0.453 e. The van der Waals surface area contributed by atoms with Crippen molar-refractivity contribution in [2.75, 3.05) is 11.1 Å². The third-order valence-electron chi connectivity index (χ3n) is 6.58. The summed E-state index contributed by atoms with van der Waals surface area (Å²) in [7, 11) is 0. The lowest BCUT2D eigenvalue weighted by atomic mass is 9.78. The molecule has 38 heavy (non-hydrogen) atoms. The average molecular weight is 542 g/mol. The number of alkyl halides is 5. The smallest absolute Gasteiger partial charge is 0.383 e. The molecule has 0 radical (unpaired) electrons. The highest BCUT2D eigenvalue weighted by Crippen LogP contribution is 2.44. The molecule has 16 heteroatoms. The van der Waals surface area contributed by atoms with E-state index >= 15 is 0 Å². The Labute approximate surface area is 215 Å². The molecule has 4 heterocycles. The van der Waals surface area contributed by atoms with Crippen LogP contribution in [0.15, 0.2) is 6.20 Å². The van der Waals surface area contributed by atoms with Crippen molar-refractivity contribution in [3.63, 3.8) is 0 Å². The van der Waals surface area contributed by atoms with Crippen LogP contribution < -0.4 is 16.4 Å². The molecule has 1 atom stereocenters. The molecule has 202 valence electrons. The SMILES string of the molecule is [2H]C([2H])([2H])n1ncc2c(-c3nc(N)c4c(n3)NC(=O)C4(CC)C(=O)NC3CC3)nc(CCC(F)(F)C(F)(F)F)nc21. The molecule has 0 aromatic carbocycles. The number of nitrogens with two attached hydrogens (primary N) is 1. The van der Waals surface area contributed by atoms with Crippen molar-refractivity contribution < 1.29 is 35.7 Å². The summed E-state index contributed by atoms with van der Waals surface area (Å²) in [5.41, 5.74) is 3.82. The van der Waals surface area contributed by atoms with Crippen molar-refractivity contribution in [1.29, 1.82) is 0 Å². The van der Waals surface area contributed by atoms with Gasteiger partial charge >= 0.3 is 12.1 Å². The molecular formula is C22H22F5N9O2. The second-order valence-corrected chi connectivity index (χ2v) is 9.10. The van der Waals surface area contributed by atoms with Crippen LogP contribution in [0.25, 0.3) is 22.6 Å². The van der Waals surface area contributed by atoms with Crippen molar-refractivity contribution in [2.24, 2.45) is 6.98 Å². The third-order valence-corrected chi connectivity index (χ3v) is 6.58. The van der Waals surface area contributed by atoms with Gasteiger partial charge in [0.1, 0.15) is 23.2 Å². The van der Waals surface area contributed by atoms with Crippen molar-refractivity contribution in [2.45, 2.75) is 62.6 Å². The molecule has 3 aromatic heterocycles. The molecule has 3 aromatic rings. The Bertz CT molecular complexity index is 1570. The van der Waals surface area contributed by atoms with E-state index in [4.69, 9.17) is 9.85 Å². The van der Waals surface area contributed by atoms with E-state index in [0.29, 0.717) is 4.68 Å². The number of aryl methyl sites for hydroxylation is 2. The summed E-state index contributed by atoms with van der Waals surface area (Å²) in [4.78, 5) is 42.7. The number of hydrogen-bond acceptors (Lipinski definition) is 8. The fourth-order valence-corrected chi connectivity index (χ4v) is 4.32. The lowest BCUT2D eigenvalue weighted by Crippen LogP contribution is -2.49. The fraction of sp³-hybridized carbons (Fsp3) is 0.500. The molecule has 2 amide bonds. The number of amides is 2. The predicted molar refractivity (Wildman–Crippen MR) is 123 cm³/mol. The molecule has 0 saturated heterocycles. The van der Waals surface area contributed by atoms with Crippen molar-refractivity contribution in [3.8, 4) is 11.5 Å². The fourth-order valence-electron chi connectivity index (χ4n) is 4.32. The number of nitrogens with zero attached hydrogens (tertiary/aromatic N) is 6. The molecular weight excluding hydrogens is 517 g/mol. The van der Waals surface area contributed by atoms with E-state index in [2.05, 4.69) is 35.7 Å². The molecule has 0 bridgehead atoms. The zero-order valence-corrected chi connectivity index (χ0v) is 19.7. The van der Waals surface area contributed by atoms with Gasteiger partial charge in [-0.2, -0.15) is 27.1 Å². The summed E-state index contributed by atoms with van der Waals surface area (Å²) in [5.74, 6) is -7.69. The molecule has 4 N–H and O–H groups in total. The van der Waals surface area contributed by atoms with E-state index in [-0.39, 0.29) is 46.6 Å². The van der Waals surface area contributed by atoms with E-state index in [1.54, 1.807) is 6.92 Å². The number of anilines is 2. The highest BCUT2D eigenvalue weighted by atomic mass is 19.4. The number of fused-ring (bicyclic) bond motifs is 2. The van der Waals surface area contributed by atoms with E-state index < -0.39 is 60.6 Å². The quantitative estimate of drug-likeness (QED) is 0.304. The van der Waals surface area contributed by atoms with Gasteiger partial charge in [0.2, 0.25) is 11.8 Å². The monoisotopic (exact) mass is 542 g/mol. The first kappa shape index (κ1) is 22.0. The highest BCUT2D eigenvalue weighted by Gasteiger charge is 2.57. The normalized spacial score (nSPS) is 21.0. The Morgan fingerprint density at radius 2 is 2.00 bits per heavy atom. The molecule has 1 fully saturated rings. The molecule has 1 aliphatic carbocycles. The van der Waals surface area contributed by atoms with Crippen LogP contribution in [-0.4, -0.2) is 59.7 Å². The van der Waals surface area contributed by atoms with Gasteiger partial charge in [-0.1, -0.05) is 6.92 Å². The van der Waals surface area contributed by atoms with Crippen LogP contribution in [0.2, 0.25) is 0 Å². The van der Waals surface area contributed by atoms with Gasteiger partial charge in [-0.15, -0.1) is 0 Å². The van der Waals surface area contributed by atoms with Crippen molar-refractivity contribution >= 4 is 34.5 Å². The Morgan fingerprint density at radius 3 is 2.63 bits per heavy atom. The maximum atomic E-state index is 13.7. The minimum atomic E-state index is -5.83. The Hall–Kier alpha value is -3.98. The van der Waals surface area contributed by atoms with Crippen LogP contribution in [0.5, 0.6) is 0 Å². The standard InChI is InChI=1S/C22H22F5N9O2/c1-3-20(18(37)30-9-4-5-9)12-14(28)33-16(34-15(12)35-19(20)38)13-10-8-29-36(2)17(10)32-11(31-13)6-7-21(23,24)22(25,26)27/h8-9H,3-7H2,1-2H3,(H,30,37)(H3,28,33,34,35,38)/i2D3. The molecule has 5 rings (SSSR count). The van der Waals surface area contributed by atoms with Crippen LogP contribution >= 0.6 is 0 Å². The van der Waals surface area contributed by atoms with Gasteiger partial charge in [0.15, 0.2) is 16.9 Å². The van der Waals surface area contributed by atoms with Gasteiger partial charge in [0, 0.05) is 30.0 Å². The van der Waals surface area contributed by atoms with E-state index in [1.807, 2.05) is 0 Å². The Morgan fingerprint density at radius 1 is 1.26 bits per heavy atom. The number of hydrogen-bond donors (Lipinski definition) is 3. The van der Waals surface area contributed by atoms with Crippen LogP contribution in [0.1, 0.15) is 48.1 Å². The summed E-state index contributed by atoms with van der Waals surface area (Å²) < 4.78 is 89.1. The summed E-state index contributed by atoms with van der Waals surface area (Å²) in [6, 6.07) is -0.0728. The number of carbonyl (C=O) groups is 2. The lowest BCUT2D eigenvalue weighted by molar-refractivity contribution is -0.284. The zero-order valence-electron chi connectivity index (χ0n) is 22.7.